The topological polar surface area (TPSA) is 64.2 Å². The van der Waals surface area contributed by atoms with Gasteiger partial charge in [0.25, 0.3) is 5.91 Å². The molecule has 1 heterocycles. The SMILES string of the molecule is CCn1nc(C)cc1C(=O)N(C)Cc1cccc(N)c1. The van der Waals surface area contributed by atoms with Gasteiger partial charge in [0.05, 0.1) is 5.69 Å². The van der Waals surface area contributed by atoms with Gasteiger partial charge in [-0.15, -0.1) is 0 Å². The van der Waals surface area contributed by atoms with Crippen LogP contribution in [0.2, 0.25) is 0 Å². The number of hydrogen-bond donors (Lipinski definition) is 1. The Labute approximate surface area is 119 Å². The Kier molecular flexibility index (Phi) is 4.08. The van der Waals surface area contributed by atoms with Crippen LogP contribution in [-0.4, -0.2) is 27.6 Å². The molecule has 1 aromatic carbocycles. The number of amides is 1. The summed E-state index contributed by atoms with van der Waals surface area (Å²) in [6.07, 6.45) is 0. The maximum absolute atomic E-state index is 12.5. The molecule has 106 valence electrons. The van der Waals surface area contributed by atoms with E-state index in [-0.39, 0.29) is 5.91 Å². The first-order chi connectivity index (χ1) is 9.51. The summed E-state index contributed by atoms with van der Waals surface area (Å²) < 4.78 is 1.73. The van der Waals surface area contributed by atoms with Gasteiger partial charge in [0.15, 0.2) is 0 Å². The van der Waals surface area contributed by atoms with Crippen molar-refractivity contribution >= 4 is 11.6 Å². The number of hydrogen-bond acceptors (Lipinski definition) is 3. The van der Waals surface area contributed by atoms with Crippen LogP contribution in [-0.2, 0) is 13.1 Å². The van der Waals surface area contributed by atoms with E-state index >= 15 is 0 Å². The fourth-order valence-electron chi connectivity index (χ4n) is 2.19. The molecule has 0 fully saturated rings. The van der Waals surface area contributed by atoms with Gasteiger partial charge < -0.3 is 10.6 Å². The maximum atomic E-state index is 12.5. The molecule has 0 saturated carbocycles. The Morgan fingerprint density at radius 2 is 2.15 bits per heavy atom. The molecule has 2 rings (SSSR count). The van der Waals surface area contributed by atoms with E-state index in [1.165, 1.54) is 0 Å². The average Bonchev–Trinajstić information content (AvgIpc) is 2.79. The van der Waals surface area contributed by atoms with Crippen molar-refractivity contribution in [3.8, 4) is 0 Å². The van der Waals surface area contributed by atoms with E-state index < -0.39 is 0 Å². The van der Waals surface area contributed by atoms with E-state index in [0.29, 0.717) is 24.5 Å². The molecule has 0 aliphatic rings. The molecular weight excluding hydrogens is 252 g/mol. The van der Waals surface area contributed by atoms with Gasteiger partial charge in [-0.1, -0.05) is 12.1 Å². The molecule has 5 nitrogen and oxygen atoms in total. The number of carbonyl (C=O) groups is 1. The van der Waals surface area contributed by atoms with E-state index in [1.807, 2.05) is 44.2 Å². The van der Waals surface area contributed by atoms with E-state index in [2.05, 4.69) is 5.10 Å². The Hall–Kier alpha value is -2.30. The van der Waals surface area contributed by atoms with E-state index in [9.17, 15) is 4.79 Å². The van der Waals surface area contributed by atoms with Crippen molar-refractivity contribution in [3.05, 3.63) is 47.3 Å². The molecular formula is C15H20N4O. The predicted octanol–water partition coefficient (Wildman–Crippen LogP) is 2.07. The number of aromatic nitrogens is 2. The number of nitrogen functional groups attached to an aromatic ring is 1. The van der Waals surface area contributed by atoms with Gasteiger partial charge in [-0.2, -0.15) is 5.10 Å². The minimum absolute atomic E-state index is 0.0325. The summed E-state index contributed by atoms with van der Waals surface area (Å²) in [5, 5.41) is 4.30. The lowest BCUT2D eigenvalue weighted by Gasteiger charge is -2.17. The number of nitrogens with two attached hydrogens (primary N) is 1. The number of anilines is 1. The van der Waals surface area contributed by atoms with Crippen LogP contribution in [0.4, 0.5) is 5.69 Å². The minimum Gasteiger partial charge on any atom is -0.399 e. The summed E-state index contributed by atoms with van der Waals surface area (Å²) in [5.74, 6) is -0.0325. The highest BCUT2D eigenvalue weighted by Crippen LogP contribution is 2.12. The van der Waals surface area contributed by atoms with Gasteiger partial charge in [-0.25, -0.2) is 0 Å². The standard InChI is InChI=1S/C15H20N4O/c1-4-19-14(8-11(2)17-19)15(20)18(3)10-12-6-5-7-13(16)9-12/h5-9H,4,10,16H2,1-3H3. The van der Waals surface area contributed by atoms with Crippen molar-refractivity contribution in [3.63, 3.8) is 0 Å². The van der Waals surface area contributed by atoms with Crippen LogP contribution in [0.1, 0.15) is 28.7 Å². The summed E-state index contributed by atoms with van der Waals surface area (Å²) in [4.78, 5) is 14.1. The quantitative estimate of drug-likeness (QED) is 0.866. The van der Waals surface area contributed by atoms with Crippen molar-refractivity contribution < 1.29 is 4.79 Å². The van der Waals surface area contributed by atoms with Gasteiger partial charge in [0, 0.05) is 25.8 Å². The largest absolute Gasteiger partial charge is 0.399 e. The summed E-state index contributed by atoms with van der Waals surface area (Å²) in [6, 6.07) is 9.39. The molecule has 0 atom stereocenters. The lowest BCUT2D eigenvalue weighted by atomic mass is 10.2. The molecule has 1 aromatic heterocycles. The predicted molar refractivity (Wildman–Crippen MR) is 79.3 cm³/mol. The third-order valence-corrected chi connectivity index (χ3v) is 3.14. The monoisotopic (exact) mass is 272 g/mol. The summed E-state index contributed by atoms with van der Waals surface area (Å²) in [6.45, 7) is 5.07. The molecule has 0 saturated heterocycles. The molecule has 20 heavy (non-hydrogen) atoms. The Morgan fingerprint density at radius 3 is 2.80 bits per heavy atom. The van der Waals surface area contributed by atoms with Crippen LogP contribution in [0.25, 0.3) is 0 Å². The first kappa shape index (κ1) is 14.1. The second-order valence-electron chi connectivity index (χ2n) is 4.89. The minimum atomic E-state index is -0.0325. The fraction of sp³-hybridized carbons (Fsp3) is 0.333. The second-order valence-corrected chi connectivity index (χ2v) is 4.89. The third-order valence-electron chi connectivity index (χ3n) is 3.14. The van der Waals surface area contributed by atoms with Crippen LogP contribution >= 0.6 is 0 Å². The molecule has 0 aliphatic heterocycles. The van der Waals surface area contributed by atoms with Crippen LogP contribution in [0.3, 0.4) is 0 Å². The highest BCUT2D eigenvalue weighted by Gasteiger charge is 2.17. The smallest absolute Gasteiger partial charge is 0.272 e. The summed E-state index contributed by atoms with van der Waals surface area (Å²) in [7, 11) is 1.79. The molecule has 0 bridgehead atoms. The third kappa shape index (κ3) is 2.99. The van der Waals surface area contributed by atoms with Gasteiger partial charge in [0.2, 0.25) is 0 Å². The first-order valence-electron chi connectivity index (χ1n) is 6.65. The molecule has 5 heteroatoms. The normalized spacial score (nSPS) is 10.6. The fourth-order valence-corrected chi connectivity index (χ4v) is 2.19. The lowest BCUT2D eigenvalue weighted by molar-refractivity contribution is 0.0773. The van der Waals surface area contributed by atoms with Crippen molar-refractivity contribution in [2.45, 2.75) is 26.9 Å². The molecule has 0 unspecified atom stereocenters. The Bertz CT molecular complexity index is 618. The van der Waals surface area contributed by atoms with Crippen molar-refractivity contribution in [2.24, 2.45) is 0 Å². The molecule has 2 aromatic rings. The first-order valence-corrected chi connectivity index (χ1v) is 6.65. The lowest BCUT2D eigenvalue weighted by Crippen LogP contribution is -2.28. The Morgan fingerprint density at radius 1 is 1.40 bits per heavy atom. The van der Waals surface area contributed by atoms with E-state index in [0.717, 1.165) is 11.3 Å². The van der Waals surface area contributed by atoms with Gasteiger partial charge in [0.1, 0.15) is 5.69 Å². The number of benzene rings is 1. The van der Waals surface area contributed by atoms with E-state index in [1.54, 1.807) is 16.6 Å². The zero-order valence-corrected chi connectivity index (χ0v) is 12.1. The van der Waals surface area contributed by atoms with Crippen LogP contribution < -0.4 is 5.73 Å². The maximum Gasteiger partial charge on any atom is 0.272 e. The van der Waals surface area contributed by atoms with Gasteiger partial charge in [-0.05, 0) is 37.6 Å². The molecule has 0 radical (unpaired) electrons. The van der Waals surface area contributed by atoms with Crippen molar-refractivity contribution in [2.75, 3.05) is 12.8 Å². The second kappa shape index (κ2) is 5.77. The molecule has 0 aliphatic carbocycles. The molecule has 2 N–H and O–H groups in total. The van der Waals surface area contributed by atoms with Crippen LogP contribution in [0.15, 0.2) is 30.3 Å². The summed E-state index contributed by atoms with van der Waals surface area (Å²) >= 11 is 0. The highest BCUT2D eigenvalue weighted by molar-refractivity contribution is 5.92. The van der Waals surface area contributed by atoms with Crippen LogP contribution in [0.5, 0.6) is 0 Å². The number of aryl methyl sites for hydroxylation is 2. The van der Waals surface area contributed by atoms with Gasteiger partial charge in [-0.3, -0.25) is 9.48 Å². The summed E-state index contributed by atoms with van der Waals surface area (Å²) in [5.41, 5.74) is 8.95. The number of carbonyl (C=O) groups excluding carboxylic acids is 1. The van der Waals surface area contributed by atoms with Crippen molar-refractivity contribution in [1.29, 1.82) is 0 Å². The molecule has 1 amide bonds. The van der Waals surface area contributed by atoms with E-state index in [4.69, 9.17) is 5.73 Å². The highest BCUT2D eigenvalue weighted by atomic mass is 16.2. The van der Waals surface area contributed by atoms with Gasteiger partial charge >= 0.3 is 0 Å². The average molecular weight is 272 g/mol. The Balaban J connectivity index is 2.16. The number of nitrogens with zero attached hydrogens (tertiary/aromatic N) is 3. The van der Waals surface area contributed by atoms with Crippen LogP contribution in [0, 0.1) is 6.92 Å². The zero-order valence-electron chi connectivity index (χ0n) is 12.1. The number of rotatable bonds is 4. The molecule has 0 spiro atoms. The zero-order chi connectivity index (χ0) is 14.7. The van der Waals surface area contributed by atoms with Crippen molar-refractivity contribution in [1.82, 2.24) is 14.7 Å².